The number of carbonyl (C=O) groups is 1. The van der Waals surface area contributed by atoms with Crippen LogP contribution in [-0.4, -0.2) is 25.5 Å². The van der Waals surface area contributed by atoms with E-state index in [1.54, 1.807) is 0 Å². The van der Waals surface area contributed by atoms with Gasteiger partial charge in [0, 0.05) is 13.0 Å². The molecule has 2 unspecified atom stereocenters. The molecule has 1 heterocycles. The Bertz CT molecular complexity index is 239. The molecule has 0 aromatic heterocycles. The van der Waals surface area contributed by atoms with Gasteiger partial charge in [-0.2, -0.15) is 0 Å². The van der Waals surface area contributed by atoms with Gasteiger partial charge in [0.15, 0.2) is 0 Å². The van der Waals surface area contributed by atoms with Crippen molar-refractivity contribution < 1.29 is 4.79 Å². The first-order valence-corrected chi connectivity index (χ1v) is 6.84. The molecular weight excluding hydrogens is 212 g/mol. The third-order valence-electron chi connectivity index (χ3n) is 3.24. The minimum atomic E-state index is 0.216. The second kappa shape index (κ2) is 6.39. The molecule has 1 aliphatic heterocycles. The molecule has 3 nitrogen and oxygen atoms in total. The first-order chi connectivity index (χ1) is 7.87. The molecule has 0 radical (unpaired) electrons. The summed E-state index contributed by atoms with van der Waals surface area (Å²) in [5.41, 5.74) is 0.315. The Kier molecular flexibility index (Phi) is 5.44. The van der Waals surface area contributed by atoms with E-state index in [1.165, 1.54) is 6.42 Å². The van der Waals surface area contributed by atoms with Crippen molar-refractivity contribution in [2.45, 2.75) is 47.0 Å². The van der Waals surface area contributed by atoms with Crippen molar-refractivity contribution in [1.82, 2.24) is 10.6 Å². The Morgan fingerprint density at radius 3 is 2.71 bits per heavy atom. The average Bonchev–Trinajstić information content (AvgIpc) is 2.63. The summed E-state index contributed by atoms with van der Waals surface area (Å²) in [5.74, 6) is 1.32. The molecule has 0 aromatic rings. The van der Waals surface area contributed by atoms with Crippen molar-refractivity contribution in [2.24, 2.45) is 17.3 Å². The molecule has 2 atom stereocenters. The largest absolute Gasteiger partial charge is 0.356 e. The van der Waals surface area contributed by atoms with Crippen LogP contribution in [0, 0.1) is 17.3 Å². The Balaban J connectivity index is 2.15. The van der Waals surface area contributed by atoms with Gasteiger partial charge in [-0.25, -0.2) is 0 Å². The van der Waals surface area contributed by atoms with Crippen LogP contribution in [-0.2, 0) is 4.79 Å². The van der Waals surface area contributed by atoms with E-state index >= 15 is 0 Å². The molecule has 17 heavy (non-hydrogen) atoms. The summed E-state index contributed by atoms with van der Waals surface area (Å²) in [6.45, 7) is 11.8. The van der Waals surface area contributed by atoms with Crippen LogP contribution in [0.1, 0.15) is 47.0 Å². The van der Waals surface area contributed by atoms with Gasteiger partial charge in [-0.15, -0.1) is 0 Å². The van der Waals surface area contributed by atoms with E-state index in [-0.39, 0.29) is 5.91 Å². The van der Waals surface area contributed by atoms with Gasteiger partial charge in [-0.1, -0.05) is 27.7 Å². The first-order valence-electron chi connectivity index (χ1n) is 6.84. The lowest BCUT2D eigenvalue weighted by atomic mass is 9.84. The lowest BCUT2D eigenvalue weighted by Gasteiger charge is -2.23. The molecule has 1 fully saturated rings. The lowest BCUT2D eigenvalue weighted by molar-refractivity contribution is -0.122. The number of hydrogen-bond donors (Lipinski definition) is 2. The average molecular weight is 240 g/mol. The third-order valence-corrected chi connectivity index (χ3v) is 3.24. The van der Waals surface area contributed by atoms with Crippen molar-refractivity contribution in [3.05, 3.63) is 0 Å². The van der Waals surface area contributed by atoms with E-state index in [1.807, 2.05) is 0 Å². The van der Waals surface area contributed by atoms with E-state index in [0.717, 1.165) is 26.1 Å². The number of amides is 1. The molecule has 2 N–H and O–H groups in total. The zero-order valence-corrected chi connectivity index (χ0v) is 11.8. The minimum absolute atomic E-state index is 0.216. The monoisotopic (exact) mass is 240 g/mol. The summed E-state index contributed by atoms with van der Waals surface area (Å²) in [7, 11) is 0. The van der Waals surface area contributed by atoms with Gasteiger partial charge < -0.3 is 10.6 Å². The van der Waals surface area contributed by atoms with Crippen LogP contribution >= 0.6 is 0 Å². The highest BCUT2D eigenvalue weighted by Crippen LogP contribution is 2.25. The van der Waals surface area contributed by atoms with Crippen LogP contribution in [0.4, 0.5) is 0 Å². The molecular formula is C14H28N2O. The molecule has 1 rings (SSSR count). The molecule has 0 aliphatic carbocycles. The summed E-state index contributed by atoms with van der Waals surface area (Å²) in [5, 5.41) is 6.38. The second-order valence-corrected chi connectivity index (χ2v) is 6.74. The molecule has 0 bridgehead atoms. The van der Waals surface area contributed by atoms with E-state index in [2.05, 4.69) is 38.3 Å². The summed E-state index contributed by atoms with van der Waals surface area (Å²) >= 11 is 0. The summed E-state index contributed by atoms with van der Waals surface area (Å²) < 4.78 is 0. The van der Waals surface area contributed by atoms with Crippen LogP contribution in [0.25, 0.3) is 0 Å². The van der Waals surface area contributed by atoms with E-state index in [9.17, 15) is 4.79 Å². The zero-order valence-electron chi connectivity index (χ0n) is 11.8. The van der Waals surface area contributed by atoms with E-state index in [4.69, 9.17) is 0 Å². The SMILES string of the molecule is CC(CC(=O)NCC1CCNC1)CC(C)(C)C. The third kappa shape index (κ3) is 6.67. The van der Waals surface area contributed by atoms with Crippen LogP contribution in [0.15, 0.2) is 0 Å². The highest BCUT2D eigenvalue weighted by Gasteiger charge is 2.19. The van der Waals surface area contributed by atoms with Crippen LogP contribution in [0.3, 0.4) is 0 Å². The molecule has 0 saturated carbocycles. The predicted molar refractivity (Wildman–Crippen MR) is 71.8 cm³/mol. The van der Waals surface area contributed by atoms with Gasteiger partial charge in [0.1, 0.15) is 0 Å². The van der Waals surface area contributed by atoms with Crippen molar-refractivity contribution in [3.63, 3.8) is 0 Å². The maximum atomic E-state index is 11.8. The van der Waals surface area contributed by atoms with Crippen molar-refractivity contribution in [1.29, 1.82) is 0 Å². The van der Waals surface area contributed by atoms with Crippen LogP contribution in [0.2, 0.25) is 0 Å². The minimum Gasteiger partial charge on any atom is -0.356 e. The molecule has 1 saturated heterocycles. The fraction of sp³-hybridized carbons (Fsp3) is 0.929. The molecule has 0 spiro atoms. The summed E-state index contributed by atoms with van der Waals surface area (Å²) in [6.07, 6.45) is 2.96. The molecule has 100 valence electrons. The second-order valence-electron chi connectivity index (χ2n) is 6.74. The Labute approximate surface area is 106 Å². The quantitative estimate of drug-likeness (QED) is 0.773. The molecule has 3 heteroatoms. The molecule has 1 aliphatic rings. The van der Waals surface area contributed by atoms with Gasteiger partial charge in [0.2, 0.25) is 5.91 Å². The number of nitrogens with one attached hydrogen (secondary N) is 2. The van der Waals surface area contributed by atoms with Gasteiger partial charge in [-0.3, -0.25) is 4.79 Å². The topological polar surface area (TPSA) is 41.1 Å². The summed E-state index contributed by atoms with van der Waals surface area (Å²) in [6, 6.07) is 0. The maximum Gasteiger partial charge on any atom is 0.220 e. The van der Waals surface area contributed by atoms with Gasteiger partial charge >= 0.3 is 0 Å². The number of hydrogen-bond acceptors (Lipinski definition) is 2. The Morgan fingerprint density at radius 1 is 1.47 bits per heavy atom. The van der Waals surface area contributed by atoms with E-state index < -0.39 is 0 Å². The van der Waals surface area contributed by atoms with Crippen molar-refractivity contribution >= 4 is 5.91 Å². The van der Waals surface area contributed by atoms with Crippen LogP contribution < -0.4 is 10.6 Å². The Hall–Kier alpha value is -0.570. The summed E-state index contributed by atoms with van der Waals surface area (Å²) in [4.78, 5) is 11.8. The molecule has 1 amide bonds. The van der Waals surface area contributed by atoms with Gasteiger partial charge in [0.25, 0.3) is 0 Å². The van der Waals surface area contributed by atoms with Crippen molar-refractivity contribution in [3.8, 4) is 0 Å². The normalized spacial score (nSPS) is 22.5. The predicted octanol–water partition coefficient (Wildman–Crippen LogP) is 2.17. The fourth-order valence-corrected chi connectivity index (χ4v) is 2.65. The van der Waals surface area contributed by atoms with Crippen molar-refractivity contribution in [2.75, 3.05) is 19.6 Å². The van der Waals surface area contributed by atoms with Crippen LogP contribution in [0.5, 0.6) is 0 Å². The van der Waals surface area contributed by atoms with Gasteiger partial charge in [0.05, 0.1) is 0 Å². The first kappa shape index (κ1) is 14.5. The smallest absolute Gasteiger partial charge is 0.220 e. The van der Waals surface area contributed by atoms with E-state index in [0.29, 0.717) is 23.7 Å². The Morgan fingerprint density at radius 2 is 2.18 bits per heavy atom. The maximum absolute atomic E-state index is 11.8. The van der Waals surface area contributed by atoms with Gasteiger partial charge in [-0.05, 0) is 43.2 Å². The number of carbonyl (C=O) groups excluding carboxylic acids is 1. The molecule has 0 aromatic carbocycles. The lowest BCUT2D eigenvalue weighted by Crippen LogP contribution is -2.31. The standard InChI is InChI=1S/C14H28N2O/c1-11(8-14(2,3)4)7-13(17)16-10-12-5-6-15-9-12/h11-12,15H,5-10H2,1-4H3,(H,16,17). The highest BCUT2D eigenvalue weighted by molar-refractivity contribution is 5.76. The fourth-order valence-electron chi connectivity index (χ4n) is 2.65. The number of rotatable bonds is 5. The zero-order chi connectivity index (χ0) is 12.9. The highest BCUT2D eigenvalue weighted by atomic mass is 16.1.